The van der Waals surface area contributed by atoms with Gasteiger partial charge in [0.1, 0.15) is 6.10 Å². The second-order valence-electron chi connectivity index (χ2n) is 12.3. The van der Waals surface area contributed by atoms with Crippen molar-refractivity contribution >= 4 is 20.1 Å². The molecule has 0 radical (unpaired) electrons. The van der Waals surface area contributed by atoms with Crippen molar-refractivity contribution in [1.82, 2.24) is 0 Å². The molecule has 0 saturated carbocycles. The largest absolute Gasteiger partial charge is 0.456 e. The van der Waals surface area contributed by atoms with Gasteiger partial charge in [-0.3, -0.25) is 9.59 Å². The lowest BCUT2D eigenvalue weighted by atomic mass is 9.63. The van der Waals surface area contributed by atoms with Crippen molar-refractivity contribution in [2.75, 3.05) is 0 Å². The Morgan fingerprint density at radius 3 is 2.44 bits per heavy atom. The predicted molar refractivity (Wildman–Crippen MR) is 128 cm³/mol. The van der Waals surface area contributed by atoms with Gasteiger partial charge in [-0.1, -0.05) is 25.5 Å². The molecule has 1 saturated heterocycles. The van der Waals surface area contributed by atoms with Crippen LogP contribution >= 0.6 is 0 Å². The molecule has 3 rings (SSSR count). The van der Waals surface area contributed by atoms with Gasteiger partial charge in [0.25, 0.3) is 0 Å². The highest BCUT2D eigenvalue weighted by Crippen LogP contribution is 2.49. The Balaban J connectivity index is 2.12. The first-order chi connectivity index (χ1) is 14.6. The fourth-order valence-electron chi connectivity index (χ4n) is 5.40. The highest BCUT2D eigenvalue weighted by molar-refractivity contribution is 6.69. The Morgan fingerprint density at radius 2 is 1.88 bits per heavy atom. The number of ketones is 1. The van der Waals surface area contributed by atoms with E-state index in [-0.39, 0.29) is 17.7 Å². The van der Waals surface area contributed by atoms with Gasteiger partial charge in [0.2, 0.25) is 5.79 Å². The minimum Gasteiger partial charge on any atom is -0.456 e. The van der Waals surface area contributed by atoms with Crippen LogP contribution in [0.2, 0.25) is 19.6 Å². The summed E-state index contributed by atoms with van der Waals surface area (Å²) in [5, 5.41) is 0. The Morgan fingerprint density at radius 1 is 1.22 bits per heavy atom. The number of carbonyl (C=O) groups excluding carboxylic acids is 2. The SMILES string of the molecule is CC1=CC[C@@H](C(C)C)[C@H]2C[C@@H](OC(=O)C(C)(C)C)[C@]3(O[Si](C)(C)C)C=CC(=O)[C@H](C[C@@H]12)O3. The van der Waals surface area contributed by atoms with Gasteiger partial charge in [0, 0.05) is 0 Å². The summed E-state index contributed by atoms with van der Waals surface area (Å²) in [6.45, 7) is 18.6. The zero-order chi connectivity index (χ0) is 24.1. The fraction of sp³-hybridized carbons (Fsp3) is 0.769. The zero-order valence-corrected chi connectivity index (χ0v) is 22.4. The molecule has 2 aliphatic heterocycles. The third-order valence-electron chi connectivity index (χ3n) is 7.07. The highest BCUT2D eigenvalue weighted by atomic mass is 28.4. The van der Waals surface area contributed by atoms with Gasteiger partial charge < -0.3 is 13.9 Å². The van der Waals surface area contributed by atoms with Crippen LogP contribution in [0.3, 0.4) is 0 Å². The van der Waals surface area contributed by atoms with Gasteiger partial charge in [-0.15, -0.1) is 0 Å². The molecule has 32 heavy (non-hydrogen) atoms. The van der Waals surface area contributed by atoms with E-state index >= 15 is 0 Å². The Hall–Kier alpha value is -1.24. The molecule has 0 aromatic carbocycles. The smallest absolute Gasteiger partial charge is 0.311 e. The molecule has 6 atom stereocenters. The third kappa shape index (κ3) is 5.28. The van der Waals surface area contributed by atoms with Gasteiger partial charge in [-0.05, 0) is 102 Å². The molecular formula is C26H42O5Si. The number of allylic oxidation sites excluding steroid dienone is 2. The molecule has 0 aromatic rings. The van der Waals surface area contributed by atoms with Gasteiger partial charge >= 0.3 is 5.97 Å². The van der Waals surface area contributed by atoms with Crippen molar-refractivity contribution in [3.63, 3.8) is 0 Å². The van der Waals surface area contributed by atoms with Crippen LogP contribution in [0.4, 0.5) is 0 Å². The summed E-state index contributed by atoms with van der Waals surface area (Å²) >= 11 is 0. The van der Waals surface area contributed by atoms with Crippen molar-refractivity contribution in [2.24, 2.45) is 29.1 Å². The molecular weight excluding hydrogens is 420 g/mol. The van der Waals surface area contributed by atoms with E-state index in [9.17, 15) is 9.59 Å². The standard InChI is InChI=1S/C26H42O5Si/c1-16(2)18-11-10-17(3)19-14-22-21(27)12-13-26(30-22,31-32(7,8)9)23(15-20(18)19)29-24(28)25(4,5)6/h10,12-13,16,18-20,22-23H,11,14-15H2,1-9H3/t18-,19-,20+,22-,23+,26+/m0/s1. The maximum Gasteiger partial charge on any atom is 0.311 e. The number of fused-ring (bicyclic) bond motifs is 3. The lowest BCUT2D eigenvalue weighted by molar-refractivity contribution is -0.259. The van der Waals surface area contributed by atoms with Crippen molar-refractivity contribution in [1.29, 1.82) is 0 Å². The minimum atomic E-state index is -2.12. The predicted octanol–water partition coefficient (Wildman–Crippen LogP) is 5.66. The number of hydrogen-bond acceptors (Lipinski definition) is 5. The first-order valence-electron chi connectivity index (χ1n) is 12.1. The first-order valence-corrected chi connectivity index (χ1v) is 15.5. The maximum absolute atomic E-state index is 13.1. The lowest BCUT2D eigenvalue weighted by Crippen LogP contribution is -2.60. The molecule has 3 aliphatic rings. The van der Waals surface area contributed by atoms with Crippen LogP contribution in [0.15, 0.2) is 23.8 Å². The molecule has 1 aliphatic carbocycles. The van der Waals surface area contributed by atoms with E-state index in [0.717, 1.165) is 6.42 Å². The van der Waals surface area contributed by atoms with E-state index in [0.29, 0.717) is 30.6 Å². The van der Waals surface area contributed by atoms with E-state index in [4.69, 9.17) is 13.9 Å². The normalized spacial score (nSPS) is 35.6. The average molecular weight is 463 g/mol. The number of hydrogen-bond donors (Lipinski definition) is 0. The molecule has 2 heterocycles. The lowest BCUT2D eigenvalue weighted by Gasteiger charge is -2.51. The van der Waals surface area contributed by atoms with Crippen LogP contribution in [0.5, 0.6) is 0 Å². The first kappa shape index (κ1) is 25.4. The molecule has 1 fully saturated rings. The minimum absolute atomic E-state index is 0.0270. The summed E-state index contributed by atoms with van der Waals surface area (Å²) < 4.78 is 19.4. The quantitative estimate of drug-likeness (QED) is 0.306. The average Bonchev–Trinajstić information content (AvgIpc) is 2.63. The van der Waals surface area contributed by atoms with Crippen LogP contribution in [0.25, 0.3) is 0 Å². The van der Waals surface area contributed by atoms with Crippen LogP contribution < -0.4 is 0 Å². The van der Waals surface area contributed by atoms with E-state index < -0.39 is 31.7 Å². The monoisotopic (exact) mass is 462 g/mol. The molecule has 0 unspecified atom stereocenters. The van der Waals surface area contributed by atoms with Crippen molar-refractivity contribution in [3.05, 3.63) is 23.8 Å². The van der Waals surface area contributed by atoms with Gasteiger partial charge in [0.05, 0.1) is 5.41 Å². The highest BCUT2D eigenvalue weighted by Gasteiger charge is 2.54. The molecule has 2 bridgehead atoms. The number of ether oxygens (including phenoxy) is 2. The van der Waals surface area contributed by atoms with Crippen molar-refractivity contribution < 1.29 is 23.5 Å². The molecule has 5 nitrogen and oxygen atoms in total. The Labute approximate surface area is 195 Å². The molecule has 0 amide bonds. The van der Waals surface area contributed by atoms with E-state index in [2.05, 4.69) is 46.5 Å². The van der Waals surface area contributed by atoms with Crippen LogP contribution in [0.1, 0.15) is 60.8 Å². The van der Waals surface area contributed by atoms with Gasteiger partial charge in [-0.2, -0.15) is 0 Å². The van der Waals surface area contributed by atoms with Crippen LogP contribution in [0, 0.1) is 29.1 Å². The topological polar surface area (TPSA) is 61.8 Å². The van der Waals surface area contributed by atoms with Crippen LogP contribution in [-0.2, 0) is 23.5 Å². The van der Waals surface area contributed by atoms with E-state index in [1.165, 1.54) is 5.57 Å². The summed E-state index contributed by atoms with van der Waals surface area (Å²) in [6, 6.07) is 0. The summed E-state index contributed by atoms with van der Waals surface area (Å²) in [4.78, 5) is 26.0. The fourth-order valence-corrected chi connectivity index (χ4v) is 6.61. The van der Waals surface area contributed by atoms with Crippen molar-refractivity contribution in [3.8, 4) is 0 Å². The second kappa shape index (κ2) is 8.84. The third-order valence-corrected chi connectivity index (χ3v) is 8.01. The molecule has 0 N–H and O–H groups in total. The molecule has 180 valence electrons. The van der Waals surface area contributed by atoms with Crippen LogP contribution in [-0.4, -0.2) is 38.1 Å². The Kier molecular flexibility index (Phi) is 7.01. The summed E-state index contributed by atoms with van der Waals surface area (Å²) in [5.74, 6) is -0.0302. The number of carbonyl (C=O) groups is 2. The molecule has 0 spiro atoms. The van der Waals surface area contributed by atoms with Gasteiger partial charge in [0.15, 0.2) is 20.2 Å². The number of rotatable bonds is 4. The molecule has 6 heteroatoms. The summed E-state index contributed by atoms with van der Waals surface area (Å²) in [6.07, 6.45) is 6.78. The van der Waals surface area contributed by atoms with Gasteiger partial charge in [-0.25, -0.2) is 0 Å². The van der Waals surface area contributed by atoms with E-state index in [1.807, 2.05) is 20.8 Å². The molecule has 0 aromatic heterocycles. The Bertz CT molecular complexity index is 800. The number of esters is 1. The zero-order valence-electron chi connectivity index (χ0n) is 21.4. The summed E-state index contributed by atoms with van der Waals surface area (Å²) in [7, 11) is -2.12. The summed E-state index contributed by atoms with van der Waals surface area (Å²) in [5.41, 5.74) is 0.674. The van der Waals surface area contributed by atoms with E-state index in [1.54, 1.807) is 12.2 Å². The van der Waals surface area contributed by atoms with Crippen molar-refractivity contribution in [2.45, 2.75) is 98.4 Å². The maximum atomic E-state index is 13.1. The second-order valence-corrected chi connectivity index (χ2v) is 16.7.